The molecule has 3 atom stereocenters. The van der Waals surface area contributed by atoms with Crippen LogP contribution >= 0.6 is 0 Å². The summed E-state index contributed by atoms with van der Waals surface area (Å²) >= 11 is 0. The number of hydrogen-bond acceptors (Lipinski definition) is 4. The normalized spacial score (nSPS) is 27.5. The van der Waals surface area contributed by atoms with Crippen molar-refractivity contribution in [3.8, 4) is 0 Å². The van der Waals surface area contributed by atoms with E-state index in [4.69, 9.17) is 0 Å². The Kier molecular flexibility index (Phi) is 4.33. The number of urea groups is 1. The minimum Gasteiger partial charge on any atom is -0.393 e. The summed E-state index contributed by atoms with van der Waals surface area (Å²) < 4.78 is 1.89. The van der Waals surface area contributed by atoms with Crippen LogP contribution in [0.1, 0.15) is 37.3 Å². The first-order valence-corrected chi connectivity index (χ1v) is 8.13. The molecule has 2 amide bonds. The number of aryl methyl sites for hydroxylation is 2. The van der Waals surface area contributed by atoms with Gasteiger partial charge in [0.1, 0.15) is 11.6 Å². The maximum atomic E-state index is 12.3. The highest BCUT2D eigenvalue weighted by Gasteiger charge is 2.28. The van der Waals surface area contributed by atoms with Crippen LogP contribution in [0.15, 0.2) is 0 Å². The molecule has 0 aromatic carbocycles. The van der Waals surface area contributed by atoms with Crippen LogP contribution in [0.2, 0.25) is 0 Å². The zero-order chi connectivity index (χ0) is 15.7. The molecule has 1 aliphatic carbocycles. The van der Waals surface area contributed by atoms with Gasteiger partial charge in [-0.1, -0.05) is 6.42 Å². The number of aliphatic hydroxyl groups excluding tert-OH is 1. The van der Waals surface area contributed by atoms with Gasteiger partial charge in [-0.25, -0.2) is 14.5 Å². The lowest BCUT2D eigenvalue weighted by atomic mass is 10.1. The zero-order valence-corrected chi connectivity index (χ0v) is 13.3. The molecular weight excluding hydrogens is 282 g/mol. The zero-order valence-electron chi connectivity index (χ0n) is 13.3. The van der Waals surface area contributed by atoms with Gasteiger partial charge < -0.3 is 15.3 Å². The van der Waals surface area contributed by atoms with Crippen LogP contribution < -0.4 is 5.32 Å². The van der Waals surface area contributed by atoms with Crippen molar-refractivity contribution in [2.75, 3.05) is 13.6 Å². The molecule has 1 aromatic heterocycles. The number of aliphatic hydroxyl groups is 1. The summed E-state index contributed by atoms with van der Waals surface area (Å²) in [7, 11) is 1.80. The molecule has 0 radical (unpaired) electrons. The standard InChI is InChI=1S/C15H25N5O2/c1-10-16-14-7-6-12(9-20(14)18-10)17-15(22)19(2)8-11-4-3-5-13(11)21/h11-13,21H,3-9H2,1-2H3,(H,17,22). The van der Waals surface area contributed by atoms with Crippen LogP contribution in [0.25, 0.3) is 0 Å². The summed E-state index contributed by atoms with van der Waals surface area (Å²) in [6, 6.07) is 0.0291. The van der Waals surface area contributed by atoms with E-state index in [9.17, 15) is 9.90 Å². The summed E-state index contributed by atoms with van der Waals surface area (Å²) in [6.45, 7) is 3.19. The number of nitrogens with zero attached hydrogens (tertiary/aromatic N) is 4. The Bertz CT molecular complexity index is 544. The molecule has 1 fully saturated rings. The Morgan fingerprint density at radius 3 is 3.00 bits per heavy atom. The molecule has 7 nitrogen and oxygen atoms in total. The lowest BCUT2D eigenvalue weighted by molar-refractivity contribution is 0.113. The van der Waals surface area contributed by atoms with Crippen molar-refractivity contribution in [2.24, 2.45) is 5.92 Å². The van der Waals surface area contributed by atoms with E-state index in [-0.39, 0.29) is 24.1 Å². The second kappa shape index (κ2) is 6.24. The quantitative estimate of drug-likeness (QED) is 0.861. The van der Waals surface area contributed by atoms with Gasteiger partial charge in [0.05, 0.1) is 18.7 Å². The molecule has 1 saturated carbocycles. The van der Waals surface area contributed by atoms with Crippen molar-refractivity contribution in [3.05, 3.63) is 11.6 Å². The van der Waals surface area contributed by atoms with Crippen LogP contribution in [0.3, 0.4) is 0 Å². The van der Waals surface area contributed by atoms with Gasteiger partial charge in [-0.3, -0.25) is 0 Å². The highest BCUT2D eigenvalue weighted by Crippen LogP contribution is 2.26. The van der Waals surface area contributed by atoms with E-state index in [0.717, 1.165) is 43.8 Å². The molecule has 22 heavy (non-hydrogen) atoms. The van der Waals surface area contributed by atoms with Gasteiger partial charge in [0, 0.05) is 25.9 Å². The minimum absolute atomic E-state index is 0.0654. The monoisotopic (exact) mass is 307 g/mol. The Hall–Kier alpha value is -1.63. The number of nitrogens with one attached hydrogen (secondary N) is 1. The third kappa shape index (κ3) is 3.24. The first-order valence-electron chi connectivity index (χ1n) is 8.13. The Morgan fingerprint density at radius 2 is 2.27 bits per heavy atom. The number of rotatable bonds is 3. The molecule has 2 heterocycles. The summed E-state index contributed by atoms with van der Waals surface area (Å²) in [4.78, 5) is 18.4. The van der Waals surface area contributed by atoms with Crippen molar-refractivity contribution in [2.45, 2.75) is 57.7 Å². The van der Waals surface area contributed by atoms with Crippen LogP contribution in [0.5, 0.6) is 0 Å². The minimum atomic E-state index is -0.259. The van der Waals surface area contributed by atoms with E-state index < -0.39 is 0 Å². The van der Waals surface area contributed by atoms with Crippen LogP contribution in [0, 0.1) is 12.8 Å². The van der Waals surface area contributed by atoms with Crippen molar-refractivity contribution in [3.63, 3.8) is 0 Å². The molecule has 7 heteroatoms. The fourth-order valence-electron chi connectivity index (χ4n) is 3.50. The van der Waals surface area contributed by atoms with Crippen LogP contribution in [-0.4, -0.2) is 56.5 Å². The number of amides is 2. The van der Waals surface area contributed by atoms with Gasteiger partial charge in [-0.2, -0.15) is 5.10 Å². The van der Waals surface area contributed by atoms with E-state index in [1.165, 1.54) is 0 Å². The molecule has 2 N–H and O–H groups in total. The maximum Gasteiger partial charge on any atom is 0.317 e. The second-order valence-corrected chi connectivity index (χ2v) is 6.58. The lowest BCUT2D eigenvalue weighted by Crippen LogP contribution is -2.48. The fraction of sp³-hybridized carbons (Fsp3) is 0.800. The largest absolute Gasteiger partial charge is 0.393 e. The number of carbonyl (C=O) groups excluding carboxylic acids is 1. The lowest BCUT2D eigenvalue weighted by Gasteiger charge is -2.28. The van der Waals surface area contributed by atoms with E-state index in [0.29, 0.717) is 13.1 Å². The molecule has 122 valence electrons. The smallest absolute Gasteiger partial charge is 0.317 e. The van der Waals surface area contributed by atoms with Crippen molar-refractivity contribution >= 4 is 6.03 Å². The Morgan fingerprint density at radius 1 is 1.45 bits per heavy atom. The molecule has 0 spiro atoms. The first kappa shape index (κ1) is 15.3. The SMILES string of the molecule is Cc1nc2n(n1)CC(NC(=O)N(C)CC1CCCC1O)CC2. The highest BCUT2D eigenvalue weighted by atomic mass is 16.3. The van der Waals surface area contributed by atoms with E-state index in [1.807, 2.05) is 11.6 Å². The van der Waals surface area contributed by atoms with E-state index in [1.54, 1.807) is 11.9 Å². The Balaban J connectivity index is 1.51. The van der Waals surface area contributed by atoms with Gasteiger partial charge in [-0.05, 0) is 26.2 Å². The summed E-state index contributed by atoms with van der Waals surface area (Å²) in [5.74, 6) is 2.01. The third-order valence-corrected chi connectivity index (χ3v) is 4.77. The molecule has 0 saturated heterocycles. The fourth-order valence-corrected chi connectivity index (χ4v) is 3.50. The average Bonchev–Trinajstić information content (AvgIpc) is 3.03. The van der Waals surface area contributed by atoms with Crippen LogP contribution in [0.4, 0.5) is 4.79 Å². The van der Waals surface area contributed by atoms with Gasteiger partial charge in [0.2, 0.25) is 0 Å². The second-order valence-electron chi connectivity index (χ2n) is 6.58. The molecule has 3 rings (SSSR count). The number of fused-ring (bicyclic) bond motifs is 1. The molecule has 1 aromatic rings. The molecule has 1 aliphatic heterocycles. The number of aromatic nitrogens is 3. The predicted octanol–water partition coefficient (Wildman–Crippen LogP) is 0.704. The number of carbonyl (C=O) groups is 1. The molecule has 0 bridgehead atoms. The maximum absolute atomic E-state index is 12.3. The van der Waals surface area contributed by atoms with Crippen molar-refractivity contribution in [1.82, 2.24) is 25.0 Å². The van der Waals surface area contributed by atoms with E-state index >= 15 is 0 Å². The summed E-state index contributed by atoms with van der Waals surface area (Å²) in [5.41, 5.74) is 0. The van der Waals surface area contributed by atoms with E-state index in [2.05, 4.69) is 15.4 Å². The molecular formula is C15H25N5O2. The first-order chi connectivity index (χ1) is 10.5. The van der Waals surface area contributed by atoms with Gasteiger partial charge in [-0.15, -0.1) is 0 Å². The summed E-state index contributed by atoms with van der Waals surface area (Å²) in [5, 5.41) is 17.3. The van der Waals surface area contributed by atoms with Crippen molar-refractivity contribution in [1.29, 1.82) is 0 Å². The third-order valence-electron chi connectivity index (χ3n) is 4.77. The molecule has 3 unspecified atom stereocenters. The van der Waals surface area contributed by atoms with Gasteiger partial charge in [0.25, 0.3) is 0 Å². The van der Waals surface area contributed by atoms with Gasteiger partial charge >= 0.3 is 6.03 Å². The number of hydrogen-bond donors (Lipinski definition) is 2. The van der Waals surface area contributed by atoms with Crippen LogP contribution in [-0.2, 0) is 13.0 Å². The summed E-state index contributed by atoms with van der Waals surface area (Å²) in [6.07, 6.45) is 4.39. The molecule has 2 aliphatic rings. The topological polar surface area (TPSA) is 83.3 Å². The highest BCUT2D eigenvalue weighted by molar-refractivity contribution is 5.74. The van der Waals surface area contributed by atoms with Gasteiger partial charge in [0.15, 0.2) is 0 Å². The average molecular weight is 307 g/mol. The van der Waals surface area contributed by atoms with Crippen molar-refractivity contribution < 1.29 is 9.90 Å². The Labute approximate surface area is 130 Å². The predicted molar refractivity (Wildman–Crippen MR) is 81.4 cm³/mol.